The fourth-order valence-corrected chi connectivity index (χ4v) is 2.52. The Bertz CT molecular complexity index is 624. The molecule has 0 aliphatic carbocycles. The lowest BCUT2D eigenvalue weighted by Gasteiger charge is -2.14. The molecule has 0 fully saturated rings. The number of hydrogen-bond acceptors (Lipinski definition) is 4. The minimum Gasteiger partial charge on any atom is -0.484 e. The van der Waals surface area contributed by atoms with Crippen LogP contribution in [0.3, 0.4) is 0 Å². The van der Waals surface area contributed by atoms with Crippen molar-refractivity contribution < 1.29 is 17.9 Å². The van der Waals surface area contributed by atoms with Crippen molar-refractivity contribution in [2.24, 2.45) is 0 Å². The molecule has 6 nitrogen and oxygen atoms in total. The van der Waals surface area contributed by atoms with Crippen LogP contribution in [0.2, 0.25) is 0 Å². The van der Waals surface area contributed by atoms with E-state index < -0.39 is 10.0 Å². The van der Waals surface area contributed by atoms with Crippen LogP contribution in [0.1, 0.15) is 5.56 Å². The van der Waals surface area contributed by atoms with E-state index in [1.165, 1.54) is 26.2 Å². The average molecular weight is 312 g/mol. The Hall–Kier alpha value is -1.86. The molecule has 0 radical (unpaired) electrons. The summed E-state index contributed by atoms with van der Waals surface area (Å²) in [5.74, 6) is 0.209. The fourth-order valence-electron chi connectivity index (χ4n) is 1.54. The van der Waals surface area contributed by atoms with E-state index in [9.17, 15) is 13.2 Å². The predicted molar refractivity (Wildman–Crippen MR) is 80.8 cm³/mol. The van der Waals surface area contributed by atoms with Gasteiger partial charge >= 0.3 is 0 Å². The molecule has 0 aromatic heterocycles. The van der Waals surface area contributed by atoms with Crippen LogP contribution in [0.5, 0.6) is 5.75 Å². The van der Waals surface area contributed by atoms with E-state index in [2.05, 4.69) is 11.9 Å². The van der Waals surface area contributed by atoms with Crippen molar-refractivity contribution in [3.63, 3.8) is 0 Å². The summed E-state index contributed by atoms with van der Waals surface area (Å²) in [7, 11) is -0.530. The molecule has 1 rings (SSSR count). The number of aryl methyl sites for hydroxylation is 1. The van der Waals surface area contributed by atoms with Gasteiger partial charge in [0.05, 0.1) is 4.90 Å². The molecule has 0 aliphatic heterocycles. The summed E-state index contributed by atoms with van der Waals surface area (Å²) < 4.78 is 30.5. The summed E-state index contributed by atoms with van der Waals surface area (Å²) in [6.45, 7) is 5.47. The number of ether oxygens (including phenoxy) is 1. The van der Waals surface area contributed by atoms with Gasteiger partial charge in [-0.25, -0.2) is 12.7 Å². The minimum atomic E-state index is -3.47. The molecule has 0 saturated heterocycles. The minimum absolute atomic E-state index is 0.130. The Morgan fingerprint density at radius 3 is 2.62 bits per heavy atom. The average Bonchev–Trinajstić information content (AvgIpc) is 2.43. The zero-order valence-corrected chi connectivity index (χ0v) is 13.2. The van der Waals surface area contributed by atoms with Crippen LogP contribution in [0.15, 0.2) is 35.7 Å². The van der Waals surface area contributed by atoms with Gasteiger partial charge in [-0.1, -0.05) is 6.08 Å². The van der Waals surface area contributed by atoms with Gasteiger partial charge in [-0.2, -0.15) is 0 Å². The molecule has 0 unspecified atom stereocenters. The molecular formula is C14H20N2O4S. The van der Waals surface area contributed by atoms with Gasteiger partial charge in [0.25, 0.3) is 5.91 Å². The maximum atomic E-state index is 12.0. The third-order valence-corrected chi connectivity index (χ3v) is 4.54. The highest BCUT2D eigenvalue weighted by molar-refractivity contribution is 7.89. The molecule has 1 aromatic rings. The first-order chi connectivity index (χ1) is 9.78. The molecule has 0 heterocycles. The lowest BCUT2D eigenvalue weighted by Crippen LogP contribution is -2.29. The molecule has 21 heavy (non-hydrogen) atoms. The summed E-state index contributed by atoms with van der Waals surface area (Å²) in [5.41, 5.74) is 0.648. The van der Waals surface area contributed by atoms with Crippen molar-refractivity contribution in [3.8, 4) is 5.75 Å². The molecule has 0 saturated carbocycles. The number of carbonyl (C=O) groups is 1. The van der Waals surface area contributed by atoms with E-state index >= 15 is 0 Å². The van der Waals surface area contributed by atoms with E-state index in [4.69, 9.17) is 4.74 Å². The number of hydrogen-bond donors (Lipinski definition) is 1. The normalized spacial score (nSPS) is 11.2. The van der Waals surface area contributed by atoms with E-state index in [1.807, 2.05) is 0 Å². The van der Waals surface area contributed by atoms with Gasteiger partial charge in [-0.3, -0.25) is 4.79 Å². The van der Waals surface area contributed by atoms with Crippen molar-refractivity contribution in [2.75, 3.05) is 27.2 Å². The first-order valence-corrected chi connectivity index (χ1v) is 7.76. The summed E-state index contributed by atoms with van der Waals surface area (Å²) >= 11 is 0. The summed E-state index contributed by atoms with van der Waals surface area (Å²) in [4.78, 5) is 11.6. The van der Waals surface area contributed by atoms with Crippen molar-refractivity contribution >= 4 is 15.9 Å². The quantitative estimate of drug-likeness (QED) is 0.760. The molecule has 0 bridgehead atoms. The molecule has 1 N–H and O–H groups in total. The highest BCUT2D eigenvalue weighted by Gasteiger charge is 2.18. The largest absolute Gasteiger partial charge is 0.484 e. The zero-order valence-electron chi connectivity index (χ0n) is 12.4. The standard InChI is InChI=1S/C14H20N2O4S/c1-5-8-15-14(17)10-20-13-7-6-12(9-11(13)2)21(18,19)16(3)4/h5-7,9H,1,8,10H2,2-4H3,(H,15,17). The topological polar surface area (TPSA) is 75.7 Å². The molecule has 7 heteroatoms. The second-order valence-corrected chi connectivity index (χ2v) is 6.75. The van der Waals surface area contributed by atoms with Gasteiger partial charge in [-0.15, -0.1) is 6.58 Å². The molecule has 0 aliphatic rings. The van der Waals surface area contributed by atoms with Crippen molar-refractivity contribution in [1.82, 2.24) is 9.62 Å². The number of nitrogens with zero attached hydrogens (tertiary/aromatic N) is 1. The van der Waals surface area contributed by atoms with Gasteiger partial charge in [-0.05, 0) is 30.7 Å². The van der Waals surface area contributed by atoms with Crippen LogP contribution in [-0.4, -0.2) is 45.9 Å². The van der Waals surface area contributed by atoms with E-state index in [-0.39, 0.29) is 17.4 Å². The van der Waals surface area contributed by atoms with Crippen LogP contribution in [-0.2, 0) is 14.8 Å². The van der Waals surface area contributed by atoms with Gasteiger partial charge in [0.15, 0.2) is 6.61 Å². The van der Waals surface area contributed by atoms with E-state index in [0.29, 0.717) is 17.9 Å². The van der Waals surface area contributed by atoms with Crippen LogP contribution in [0.25, 0.3) is 0 Å². The first kappa shape index (κ1) is 17.2. The Morgan fingerprint density at radius 1 is 1.43 bits per heavy atom. The summed E-state index contributed by atoms with van der Waals surface area (Å²) in [6.07, 6.45) is 1.57. The molecule has 0 spiro atoms. The van der Waals surface area contributed by atoms with E-state index in [1.54, 1.807) is 19.1 Å². The van der Waals surface area contributed by atoms with Gasteiger partial charge in [0, 0.05) is 20.6 Å². The van der Waals surface area contributed by atoms with Gasteiger partial charge in [0.1, 0.15) is 5.75 Å². The molecule has 116 valence electrons. The highest BCUT2D eigenvalue weighted by atomic mass is 32.2. The summed E-state index contributed by atoms with van der Waals surface area (Å²) in [5, 5.41) is 2.59. The van der Waals surface area contributed by atoms with Crippen LogP contribution in [0.4, 0.5) is 0 Å². The third-order valence-electron chi connectivity index (χ3n) is 2.73. The molecular weight excluding hydrogens is 292 g/mol. The smallest absolute Gasteiger partial charge is 0.258 e. The Kier molecular flexibility index (Phi) is 5.92. The maximum absolute atomic E-state index is 12.0. The van der Waals surface area contributed by atoms with Crippen LogP contribution < -0.4 is 10.1 Å². The van der Waals surface area contributed by atoms with Crippen LogP contribution in [0, 0.1) is 6.92 Å². The monoisotopic (exact) mass is 312 g/mol. The zero-order chi connectivity index (χ0) is 16.0. The third kappa shape index (κ3) is 4.57. The van der Waals surface area contributed by atoms with Crippen molar-refractivity contribution in [2.45, 2.75) is 11.8 Å². The number of benzene rings is 1. The van der Waals surface area contributed by atoms with Gasteiger partial charge in [0.2, 0.25) is 10.0 Å². The summed E-state index contributed by atoms with van der Waals surface area (Å²) in [6, 6.07) is 4.53. The number of nitrogens with one attached hydrogen (secondary N) is 1. The van der Waals surface area contributed by atoms with Crippen LogP contribution >= 0.6 is 0 Å². The Morgan fingerprint density at radius 2 is 2.10 bits per heavy atom. The highest BCUT2D eigenvalue weighted by Crippen LogP contribution is 2.23. The maximum Gasteiger partial charge on any atom is 0.258 e. The molecule has 0 atom stereocenters. The lowest BCUT2D eigenvalue weighted by molar-refractivity contribution is -0.122. The van der Waals surface area contributed by atoms with Gasteiger partial charge < -0.3 is 10.1 Å². The predicted octanol–water partition coefficient (Wildman–Crippen LogP) is 0.926. The fraction of sp³-hybridized carbons (Fsp3) is 0.357. The SMILES string of the molecule is C=CCNC(=O)COc1ccc(S(=O)(=O)N(C)C)cc1C. The lowest BCUT2D eigenvalue weighted by atomic mass is 10.2. The second kappa shape index (κ2) is 7.24. The molecule has 1 amide bonds. The van der Waals surface area contributed by atoms with Crippen molar-refractivity contribution in [3.05, 3.63) is 36.4 Å². The first-order valence-electron chi connectivity index (χ1n) is 6.32. The second-order valence-electron chi connectivity index (χ2n) is 4.60. The number of carbonyl (C=O) groups excluding carboxylic acids is 1. The Labute approximate surface area is 125 Å². The number of rotatable bonds is 7. The number of amides is 1. The molecule has 1 aromatic carbocycles. The van der Waals surface area contributed by atoms with E-state index in [0.717, 1.165) is 4.31 Å². The Balaban J connectivity index is 2.80. The number of sulfonamides is 1. The van der Waals surface area contributed by atoms with Crippen molar-refractivity contribution in [1.29, 1.82) is 0 Å².